The lowest BCUT2D eigenvalue weighted by Crippen LogP contribution is -2.38. The number of rotatable bonds is 8. The Balaban J connectivity index is 1.70. The summed E-state index contributed by atoms with van der Waals surface area (Å²) in [6.07, 6.45) is 1.44. The zero-order valence-corrected chi connectivity index (χ0v) is 17.6. The predicted octanol–water partition coefficient (Wildman–Crippen LogP) is 2.12. The van der Waals surface area contributed by atoms with Gasteiger partial charge in [-0.1, -0.05) is 6.92 Å². The zero-order chi connectivity index (χ0) is 20.8. The molecule has 0 unspecified atom stereocenters. The van der Waals surface area contributed by atoms with Gasteiger partial charge in [0.25, 0.3) is 5.91 Å². The van der Waals surface area contributed by atoms with Crippen LogP contribution in [0.1, 0.15) is 46.6 Å². The molecule has 158 valence electrons. The monoisotopic (exact) mass is 401 g/mol. The highest BCUT2D eigenvalue weighted by Gasteiger charge is 2.20. The molecule has 0 spiro atoms. The van der Waals surface area contributed by atoms with E-state index >= 15 is 0 Å². The number of aryl methyl sites for hydroxylation is 2. The summed E-state index contributed by atoms with van der Waals surface area (Å²) in [5, 5.41) is 2.94. The number of amides is 1. The van der Waals surface area contributed by atoms with Crippen molar-refractivity contribution in [2.75, 3.05) is 39.4 Å². The van der Waals surface area contributed by atoms with Crippen molar-refractivity contribution in [2.45, 2.75) is 40.2 Å². The number of ether oxygens (including phenoxy) is 1. The van der Waals surface area contributed by atoms with Crippen LogP contribution in [0.25, 0.3) is 0 Å². The molecule has 0 aliphatic carbocycles. The largest absolute Gasteiger partial charge is 0.464 e. The van der Waals surface area contributed by atoms with Gasteiger partial charge < -0.3 is 19.0 Å². The molecule has 0 bridgehead atoms. The molecule has 2 aromatic rings. The predicted molar refractivity (Wildman–Crippen MR) is 112 cm³/mol. The Hall–Kier alpha value is -2.38. The van der Waals surface area contributed by atoms with Crippen LogP contribution in [0.15, 0.2) is 27.4 Å². The van der Waals surface area contributed by atoms with Gasteiger partial charge in [0, 0.05) is 37.1 Å². The van der Waals surface area contributed by atoms with Crippen LogP contribution < -0.4 is 10.7 Å². The lowest BCUT2D eigenvalue weighted by Gasteiger charge is -2.26. The summed E-state index contributed by atoms with van der Waals surface area (Å²) in [6, 6.07) is 5.39. The van der Waals surface area contributed by atoms with Gasteiger partial charge in [-0.05, 0) is 45.4 Å². The van der Waals surface area contributed by atoms with Crippen LogP contribution in [-0.4, -0.2) is 54.8 Å². The van der Waals surface area contributed by atoms with Gasteiger partial charge in [-0.2, -0.15) is 0 Å². The van der Waals surface area contributed by atoms with Gasteiger partial charge in [0.15, 0.2) is 5.43 Å². The highest BCUT2D eigenvalue weighted by atomic mass is 16.5. The van der Waals surface area contributed by atoms with E-state index in [1.54, 1.807) is 0 Å². The number of nitrogens with zero attached hydrogens (tertiary/aromatic N) is 2. The molecule has 1 aliphatic heterocycles. The maximum atomic E-state index is 12.8. The van der Waals surface area contributed by atoms with Crippen molar-refractivity contribution in [2.24, 2.45) is 0 Å². The van der Waals surface area contributed by atoms with E-state index in [2.05, 4.69) is 10.2 Å². The molecule has 1 saturated heterocycles. The average molecular weight is 402 g/mol. The quantitative estimate of drug-likeness (QED) is 0.686. The minimum atomic E-state index is -0.293. The molecule has 7 heteroatoms. The molecule has 3 rings (SSSR count). The van der Waals surface area contributed by atoms with Gasteiger partial charge in [-0.15, -0.1) is 0 Å². The van der Waals surface area contributed by atoms with Crippen LogP contribution in [0.2, 0.25) is 0 Å². The van der Waals surface area contributed by atoms with Gasteiger partial charge in [-0.3, -0.25) is 14.5 Å². The molecule has 7 nitrogen and oxygen atoms in total. The first-order valence-corrected chi connectivity index (χ1v) is 10.4. The zero-order valence-electron chi connectivity index (χ0n) is 17.6. The lowest BCUT2D eigenvalue weighted by atomic mass is 10.1. The maximum Gasteiger partial charge on any atom is 0.257 e. The third-order valence-corrected chi connectivity index (χ3v) is 5.34. The Bertz CT molecular complexity index is 894. The summed E-state index contributed by atoms with van der Waals surface area (Å²) >= 11 is 0. The smallest absolute Gasteiger partial charge is 0.257 e. The van der Waals surface area contributed by atoms with Crippen LogP contribution in [0, 0.1) is 13.8 Å². The topological polar surface area (TPSA) is 76.7 Å². The standard InChI is InChI=1S/C22H31N3O4/c1-4-19-21(22(27)23-8-5-9-24-10-12-28-13-11-24)20(26)14-16(2)25(19)15-18-7-6-17(3)29-18/h6-7,14H,4-5,8-13,15H2,1-3H3,(H,23,27). The molecule has 2 aromatic heterocycles. The second-order valence-corrected chi connectivity index (χ2v) is 7.49. The number of furan rings is 1. The summed E-state index contributed by atoms with van der Waals surface area (Å²) in [6.45, 7) is 11.1. The van der Waals surface area contributed by atoms with E-state index in [1.807, 2.05) is 37.5 Å². The molecular formula is C22H31N3O4. The van der Waals surface area contributed by atoms with E-state index in [4.69, 9.17) is 9.15 Å². The van der Waals surface area contributed by atoms with Crippen molar-refractivity contribution in [1.82, 2.24) is 14.8 Å². The number of morpholine rings is 1. The van der Waals surface area contributed by atoms with E-state index < -0.39 is 0 Å². The van der Waals surface area contributed by atoms with Gasteiger partial charge in [0.1, 0.15) is 17.1 Å². The maximum absolute atomic E-state index is 12.8. The van der Waals surface area contributed by atoms with Crippen molar-refractivity contribution >= 4 is 5.91 Å². The first kappa shape index (κ1) is 21.3. The molecular weight excluding hydrogens is 370 g/mol. The first-order valence-electron chi connectivity index (χ1n) is 10.4. The molecule has 1 amide bonds. The van der Waals surface area contributed by atoms with Crippen molar-refractivity contribution in [3.8, 4) is 0 Å². The summed E-state index contributed by atoms with van der Waals surface area (Å²) in [7, 11) is 0. The van der Waals surface area contributed by atoms with Crippen LogP contribution in [0.3, 0.4) is 0 Å². The van der Waals surface area contributed by atoms with Crippen LogP contribution in [-0.2, 0) is 17.7 Å². The highest BCUT2D eigenvalue weighted by Crippen LogP contribution is 2.15. The number of aromatic nitrogens is 1. The minimum Gasteiger partial charge on any atom is -0.464 e. The number of pyridine rings is 1. The van der Waals surface area contributed by atoms with Crippen molar-refractivity contribution < 1.29 is 13.9 Å². The van der Waals surface area contributed by atoms with E-state index in [0.29, 0.717) is 19.5 Å². The van der Waals surface area contributed by atoms with Gasteiger partial charge in [-0.25, -0.2) is 0 Å². The third kappa shape index (κ3) is 5.36. The van der Waals surface area contributed by atoms with Gasteiger partial charge in [0.05, 0.1) is 19.8 Å². The molecule has 0 radical (unpaired) electrons. The molecule has 1 aliphatic rings. The summed E-state index contributed by atoms with van der Waals surface area (Å²) in [5.74, 6) is 1.36. The Kier molecular flexibility index (Phi) is 7.28. The van der Waals surface area contributed by atoms with E-state index in [1.165, 1.54) is 6.07 Å². The Morgan fingerprint density at radius 3 is 2.62 bits per heavy atom. The fourth-order valence-corrected chi connectivity index (χ4v) is 3.80. The molecule has 29 heavy (non-hydrogen) atoms. The van der Waals surface area contributed by atoms with Crippen LogP contribution in [0.4, 0.5) is 0 Å². The number of nitrogens with one attached hydrogen (secondary N) is 1. The first-order chi connectivity index (χ1) is 14.0. The van der Waals surface area contributed by atoms with Crippen molar-refractivity contribution in [3.63, 3.8) is 0 Å². The van der Waals surface area contributed by atoms with E-state index in [-0.39, 0.29) is 16.9 Å². The van der Waals surface area contributed by atoms with E-state index in [0.717, 1.165) is 62.2 Å². The molecule has 1 fully saturated rings. The summed E-state index contributed by atoms with van der Waals surface area (Å²) in [5.41, 5.74) is 1.59. The van der Waals surface area contributed by atoms with Crippen molar-refractivity contribution in [1.29, 1.82) is 0 Å². The molecule has 0 saturated carbocycles. The Morgan fingerprint density at radius 2 is 1.97 bits per heavy atom. The number of carbonyl (C=O) groups excluding carboxylic acids is 1. The van der Waals surface area contributed by atoms with Gasteiger partial charge >= 0.3 is 0 Å². The lowest BCUT2D eigenvalue weighted by molar-refractivity contribution is 0.0374. The normalized spacial score (nSPS) is 14.9. The molecule has 0 aromatic carbocycles. The Labute approximate surface area is 171 Å². The number of hydrogen-bond donors (Lipinski definition) is 1. The molecule has 3 heterocycles. The molecule has 0 atom stereocenters. The fraction of sp³-hybridized carbons (Fsp3) is 0.545. The summed E-state index contributed by atoms with van der Waals surface area (Å²) in [4.78, 5) is 27.8. The number of carbonyl (C=O) groups is 1. The number of hydrogen-bond acceptors (Lipinski definition) is 5. The molecule has 1 N–H and O–H groups in total. The average Bonchev–Trinajstić information content (AvgIpc) is 3.12. The van der Waals surface area contributed by atoms with Crippen LogP contribution >= 0.6 is 0 Å². The van der Waals surface area contributed by atoms with E-state index in [9.17, 15) is 9.59 Å². The summed E-state index contributed by atoms with van der Waals surface area (Å²) < 4.78 is 13.0. The van der Waals surface area contributed by atoms with Crippen molar-refractivity contribution in [3.05, 3.63) is 56.9 Å². The minimum absolute atomic E-state index is 0.225. The fourth-order valence-electron chi connectivity index (χ4n) is 3.80. The van der Waals surface area contributed by atoms with Gasteiger partial charge in [0.2, 0.25) is 0 Å². The second-order valence-electron chi connectivity index (χ2n) is 7.49. The second kappa shape index (κ2) is 9.89. The SMILES string of the molecule is CCc1c(C(=O)NCCCN2CCOCC2)c(=O)cc(C)n1Cc1ccc(C)o1. The third-order valence-electron chi connectivity index (χ3n) is 5.34. The van der Waals surface area contributed by atoms with Crippen LogP contribution in [0.5, 0.6) is 0 Å². The Morgan fingerprint density at radius 1 is 1.21 bits per heavy atom. The highest BCUT2D eigenvalue weighted by molar-refractivity contribution is 5.95.